The zero-order valence-corrected chi connectivity index (χ0v) is 10.3. The maximum absolute atomic E-state index is 4.95. The molecule has 0 atom stereocenters. The summed E-state index contributed by atoms with van der Waals surface area (Å²) in [5.74, 6) is 0. The van der Waals surface area contributed by atoms with Gasteiger partial charge in [-0.25, -0.2) is 4.68 Å². The van der Waals surface area contributed by atoms with E-state index in [2.05, 4.69) is 25.6 Å². The Hall–Kier alpha value is -1.86. The van der Waals surface area contributed by atoms with E-state index in [-0.39, 0.29) is 0 Å². The Balaban J connectivity index is 1.83. The van der Waals surface area contributed by atoms with Crippen LogP contribution < -0.4 is 5.32 Å². The largest absolute Gasteiger partial charge is 0.383 e. The van der Waals surface area contributed by atoms with Crippen molar-refractivity contribution in [3.8, 4) is 0 Å². The lowest BCUT2D eigenvalue weighted by molar-refractivity contribution is 0.199. The van der Waals surface area contributed by atoms with E-state index in [4.69, 9.17) is 4.74 Å². The molecule has 0 aliphatic heterocycles. The van der Waals surface area contributed by atoms with Crippen molar-refractivity contribution in [1.29, 1.82) is 0 Å². The van der Waals surface area contributed by atoms with Gasteiger partial charge in [-0.2, -0.15) is 0 Å². The minimum absolute atomic E-state index is 0.582. The number of methoxy groups -OCH3 is 1. The van der Waals surface area contributed by atoms with Gasteiger partial charge in [0.2, 0.25) is 0 Å². The van der Waals surface area contributed by atoms with Gasteiger partial charge in [0, 0.05) is 32.6 Å². The number of rotatable bonds is 7. The lowest BCUT2D eigenvalue weighted by Gasteiger charge is -2.00. The molecule has 0 unspecified atom stereocenters. The number of nitrogens with one attached hydrogen (secondary N) is 1. The van der Waals surface area contributed by atoms with Crippen molar-refractivity contribution < 1.29 is 4.74 Å². The van der Waals surface area contributed by atoms with E-state index in [1.54, 1.807) is 30.4 Å². The van der Waals surface area contributed by atoms with Crippen molar-refractivity contribution in [1.82, 2.24) is 30.3 Å². The number of nitrogens with zero attached hydrogens (tertiary/aromatic N) is 5. The van der Waals surface area contributed by atoms with E-state index in [1.807, 2.05) is 6.20 Å². The number of hydrogen-bond acceptors (Lipinski definition) is 6. The molecule has 7 heteroatoms. The molecule has 18 heavy (non-hydrogen) atoms. The molecular formula is C11H16N6O. The van der Waals surface area contributed by atoms with Gasteiger partial charge >= 0.3 is 0 Å². The van der Waals surface area contributed by atoms with Crippen molar-refractivity contribution >= 4 is 0 Å². The smallest absolute Gasteiger partial charge is 0.0965 e. The van der Waals surface area contributed by atoms with Crippen LogP contribution in [0.15, 0.2) is 24.8 Å². The highest BCUT2D eigenvalue weighted by Gasteiger charge is 2.01. The molecule has 1 N–H and O–H groups in total. The summed E-state index contributed by atoms with van der Waals surface area (Å²) in [6.07, 6.45) is 6.93. The highest BCUT2D eigenvalue weighted by Crippen LogP contribution is 1.97. The van der Waals surface area contributed by atoms with E-state index in [0.717, 1.165) is 17.9 Å². The van der Waals surface area contributed by atoms with Crippen molar-refractivity contribution in [2.24, 2.45) is 0 Å². The van der Waals surface area contributed by atoms with Crippen LogP contribution in [0.5, 0.6) is 0 Å². The number of ether oxygens (including phenoxy) is 1. The van der Waals surface area contributed by atoms with Crippen LogP contribution in [0.1, 0.15) is 11.4 Å². The van der Waals surface area contributed by atoms with Gasteiger partial charge in [-0.1, -0.05) is 5.21 Å². The first-order valence-electron chi connectivity index (χ1n) is 5.72. The average Bonchev–Trinajstić information content (AvgIpc) is 2.84. The zero-order chi connectivity index (χ0) is 12.6. The van der Waals surface area contributed by atoms with Crippen LogP contribution in [0.4, 0.5) is 0 Å². The second kappa shape index (κ2) is 6.77. The van der Waals surface area contributed by atoms with Crippen molar-refractivity contribution in [3.63, 3.8) is 0 Å². The van der Waals surface area contributed by atoms with Gasteiger partial charge < -0.3 is 10.1 Å². The van der Waals surface area contributed by atoms with Gasteiger partial charge in [-0.3, -0.25) is 9.97 Å². The van der Waals surface area contributed by atoms with Crippen LogP contribution in [0.3, 0.4) is 0 Å². The van der Waals surface area contributed by atoms with E-state index < -0.39 is 0 Å². The summed E-state index contributed by atoms with van der Waals surface area (Å²) in [6.45, 7) is 2.75. The van der Waals surface area contributed by atoms with E-state index >= 15 is 0 Å². The number of aromatic nitrogens is 5. The molecule has 2 aromatic rings. The Morgan fingerprint density at radius 2 is 2.28 bits per heavy atom. The first kappa shape index (κ1) is 12.6. The Kier molecular flexibility index (Phi) is 4.74. The van der Waals surface area contributed by atoms with E-state index in [1.165, 1.54) is 0 Å². The van der Waals surface area contributed by atoms with E-state index in [9.17, 15) is 0 Å². The second-order valence-corrected chi connectivity index (χ2v) is 3.77. The highest BCUT2D eigenvalue weighted by atomic mass is 16.5. The maximum atomic E-state index is 4.95. The third kappa shape index (κ3) is 3.86. The average molecular weight is 248 g/mol. The Morgan fingerprint density at radius 3 is 3.06 bits per heavy atom. The third-order valence-electron chi connectivity index (χ3n) is 2.32. The molecule has 96 valence electrons. The lowest BCUT2D eigenvalue weighted by atomic mass is 10.4. The molecule has 0 radical (unpaired) electrons. The van der Waals surface area contributed by atoms with Gasteiger partial charge in [0.1, 0.15) is 0 Å². The summed E-state index contributed by atoms with van der Waals surface area (Å²) >= 11 is 0. The summed E-state index contributed by atoms with van der Waals surface area (Å²) in [5.41, 5.74) is 1.76. The van der Waals surface area contributed by atoms with Crippen molar-refractivity contribution in [2.75, 3.05) is 20.3 Å². The standard InChI is InChI=1S/C11H16N6O/c1-18-5-4-13-7-11-9-17(16-15-11)8-10-6-12-2-3-14-10/h2-3,6,9,13H,4-5,7-8H2,1H3. The van der Waals surface area contributed by atoms with Gasteiger partial charge in [-0.15, -0.1) is 5.10 Å². The molecular weight excluding hydrogens is 232 g/mol. The van der Waals surface area contributed by atoms with Crippen molar-refractivity contribution in [2.45, 2.75) is 13.1 Å². The quantitative estimate of drug-likeness (QED) is 0.687. The second-order valence-electron chi connectivity index (χ2n) is 3.77. The monoisotopic (exact) mass is 248 g/mol. The van der Waals surface area contributed by atoms with Crippen LogP contribution in [0.25, 0.3) is 0 Å². The molecule has 0 spiro atoms. The molecule has 0 saturated heterocycles. The van der Waals surface area contributed by atoms with Crippen molar-refractivity contribution in [3.05, 3.63) is 36.2 Å². The summed E-state index contributed by atoms with van der Waals surface area (Å²) in [7, 11) is 1.68. The molecule has 0 aromatic carbocycles. The molecule has 0 aliphatic carbocycles. The topological polar surface area (TPSA) is 77.8 Å². The highest BCUT2D eigenvalue weighted by molar-refractivity contribution is 4.98. The molecule has 0 amide bonds. The Bertz CT molecular complexity index is 458. The van der Waals surface area contributed by atoms with Gasteiger partial charge in [0.15, 0.2) is 0 Å². The molecule has 2 aromatic heterocycles. The molecule has 2 rings (SSSR count). The lowest BCUT2D eigenvalue weighted by Crippen LogP contribution is -2.18. The molecule has 0 bridgehead atoms. The van der Waals surface area contributed by atoms with Crippen LogP contribution >= 0.6 is 0 Å². The minimum atomic E-state index is 0.582. The van der Waals surface area contributed by atoms with Crippen LogP contribution in [-0.4, -0.2) is 45.2 Å². The molecule has 2 heterocycles. The summed E-state index contributed by atoms with van der Waals surface area (Å²) < 4.78 is 6.69. The molecule has 7 nitrogen and oxygen atoms in total. The van der Waals surface area contributed by atoms with Crippen LogP contribution in [0.2, 0.25) is 0 Å². The fourth-order valence-electron chi connectivity index (χ4n) is 1.47. The Morgan fingerprint density at radius 1 is 1.33 bits per heavy atom. The fraction of sp³-hybridized carbons (Fsp3) is 0.455. The molecule has 0 saturated carbocycles. The Labute approximate surface area is 105 Å². The van der Waals surface area contributed by atoms with Crippen LogP contribution in [-0.2, 0) is 17.8 Å². The normalized spacial score (nSPS) is 10.7. The fourth-order valence-corrected chi connectivity index (χ4v) is 1.47. The minimum Gasteiger partial charge on any atom is -0.383 e. The van der Waals surface area contributed by atoms with E-state index in [0.29, 0.717) is 19.7 Å². The van der Waals surface area contributed by atoms with Gasteiger partial charge in [-0.05, 0) is 0 Å². The SMILES string of the molecule is COCCNCc1cn(Cc2cnccn2)nn1. The predicted molar refractivity (Wildman–Crippen MR) is 64.7 cm³/mol. The zero-order valence-electron chi connectivity index (χ0n) is 10.3. The first-order valence-corrected chi connectivity index (χ1v) is 5.72. The molecule has 0 fully saturated rings. The van der Waals surface area contributed by atoms with Gasteiger partial charge in [0.05, 0.1) is 36.9 Å². The molecule has 0 aliphatic rings. The summed E-state index contributed by atoms with van der Waals surface area (Å²) in [6, 6.07) is 0. The van der Waals surface area contributed by atoms with Gasteiger partial charge in [0.25, 0.3) is 0 Å². The summed E-state index contributed by atoms with van der Waals surface area (Å²) in [5, 5.41) is 11.3. The predicted octanol–water partition coefficient (Wildman–Crippen LogP) is -0.148. The first-order chi connectivity index (χ1) is 8.88. The third-order valence-corrected chi connectivity index (χ3v) is 2.32. The maximum Gasteiger partial charge on any atom is 0.0965 e. The van der Waals surface area contributed by atoms with Crippen LogP contribution in [0, 0.1) is 0 Å². The summed E-state index contributed by atoms with van der Waals surface area (Å²) in [4.78, 5) is 8.19. The number of hydrogen-bond donors (Lipinski definition) is 1.